The van der Waals surface area contributed by atoms with Crippen molar-refractivity contribution in [3.8, 4) is 0 Å². The molecular weight excluding hydrogens is 178 g/mol. The molecule has 0 radical (unpaired) electrons. The van der Waals surface area contributed by atoms with Gasteiger partial charge in [-0.15, -0.1) is 0 Å². The van der Waals surface area contributed by atoms with Gasteiger partial charge in [-0.05, 0) is 13.0 Å². The maximum Gasteiger partial charge on any atom is 0.274 e. The van der Waals surface area contributed by atoms with Crippen molar-refractivity contribution in [3.05, 3.63) is 11.6 Å². The van der Waals surface area contributed by atoms with Gasteiger partial charge < -0.3 is 5.32 Å². The van der Waals surface area contributed by atoms with Crippen LogP contribution in [0.15, 0.2) is 11.6 Å². The smallest absolute Gasteiger partial charge is 0.274 e. The summed E-state index contributed by atoms with van der Waals surface area (Å²) in [6.07, 6.45) is 2.85. The first-order valence-electron chi connectivity index (χ1n) is 3.74. The van der Waals surface area contributed by atoms with Gasteiger partial charge in [-0.1, -0.05) is 11.6 Å². The van der Waals surface area contributed by atoms with Crippen LogP contribution in [0.1, 0.15) is 6.42 Å². The van der Waals surface area contributed by atoms with Crippen LogP contribution >= 0.6 is 0 Å². The summed E-state index contributed by atoms with van der Waals surface area (Å²) in [5, 5.41) is 7.90. The van der Waals surface area contributed by atoms with Crippen molar-refractivity contribution in [1.82, 2.24) is 10.0 Å². The highest BCUT2D eigenvalue weighted by molar-refractivity contribution is 7.87. The third kappa shape index (κ3) is 3.82. The van der Waals surface area contributed by atoms with E-state index in [1.165, 1.54) is 0 Å². The van der Waals surface area contributed by atoms with E-state index >= 15 is 0 Å². The molecule has 0 amide bonds. The Balaban J connectivity index is 2.36. The molecule has 0 aliphatic carbocycles. The van der Waals surface area contributed by atoms with Gasteiger partial charge in [-0.25, -0.2) is 5.14 Å². The Morgan fingerprint density at radius 1 is 1.67 bits per heavy atom. The van der Waals surface area contributed by atoms with Crippen LogP contribution in [0.5, 0.6) is 0 Å². The van der Waals surface area contributed by atoms with E-state index in [0.717, 1.165) is 25.1 Å². The molecular formula is C6H13N3O2S. The molecule has 6 heteroatoms. The van der Waals surface area contributed by atoms with Crippen LogP contribution in [0.4, 0.5) is 0 Å². The van der Waals surface area contributed by atoms with E-state index in [0.29, 0.717) is 6.54 Å². The molecule has 5 nitrogen and oxygen atoms in total. The summed E-state index contributed by atoms with van der Waals surface area (Å²) in [4.78, 5) is 0. The SMILES string of the molecule is NS(=O)(=O)NCC1=CCNCC1. The zero-order valence-electron chi connectivity index (χ0n) is 6.71. The Morgan fingerprint density at radius 3 is 2.92 bits per heavy atom. The molecule has 0 aromatic heterocycles. The average molecular weight is 191 g/mol. The Hall–Kier alpha value is -0.430. The van der Waals surface area contributed by atoms with Crippen molar-refractivity contribution < 1.29 is 8.42 Å². The first-order chi connectivity index (χ1) is 5.58. The van der Waals surface area contributed by atoms with Gasteiger partial charge in [0.1, 0.15) is 0 Å². The molecule has 1 rings (SSSR count). The first-order valence-corrected chi connectivity index (χ1v) is 5.28. The second-order valence-corrected chi connectivity index (χ2v) is 4.06. The number of nitrogens with one attached hydrogen (secondary N) is 2. The second kappa shape index (κ2) is 3.99. The Kier molecular flexibility index (Phi) is 3.21. The molecule has 0 spiro atoms. The van der Waals surface area contributed by atoms with E-state index < -0.39 is 10.2 Å². The maximum absolute atomic E-state index is 10.5. The highest BCUT2D eigenvalue weighted by atomic mass is 32.2. The molecule has 0 aromatic carbocycles. The maximum atomic E-state index is 10.5. The number of hydrogen-bond acceptors (Lipinski definition) is 3. The van der Waals surface area contributed by atoms with Crippen LogP contribution in [-0.2, 0) is 10.2 Å². The third-order valence-corrected chi connectivity index (χ3v) is 2.21. The minimum Gasteiger partial charge on any atom is -0.313 e. The lowest BCUT2D eigenvalue weighted by Gasteiger charge is -2.13. The van der Waals surface area contributed by atoms with E-state index in [1.807, 2.05) is 6.08 Å². The van der Waals surface area contributed by atoms with Crippen LogP contribution in [0.3, 0.4) is 0 Å². The molecule has 1 aliphatic heterocycles. The van der Waals surface area contributed by atoms with Gasteiger partial charge in [0.15, 0.2) is 0 Å². The van der Waals surface area contributed by atoms with Gasteiger partial charge in [-0.2, -0.15) is 13.1 Å². The topological polar surface area (TPSA) is 84.2 Å². The molecule has 0 bridgehead atoms. The van der Waals surface area contributed by atoms with Crippen LogP contribution in [0, 0.1) is 0 Å². The Labute approximate surface area is 72.2 Å². The third-order valence-electron chi connectivity index (χ3n) is 1.66. The lowest BCUT2D eigenvalue weighted by Crippen LogP contribution is -2.34. The number of rotatable bonds is 3. The van der Waals surface area contributed by atoms with Crippen LogP contribution < -0.4 is 15.2 Å². The average Bonchev–Trinajstić information content (AvgIpc) is 2.02. The van der Waals surface area contributed by atoms with Gasteiger partial charge in [0.05, 0.1) is 0 Å². The molecule has 0 fully saturated rings. The molecule has 0 aromatic rings. The van der Waals surface area contributed by atoms with Gasteiger partial charge in [0.25, 0.3) is 10.2 Å². The van der Waals surface area contributed by atoms with Gasteiger partial charge in [-0.3, -0.25) is 0 Å². The molecule has 0 atom stereocenters. The van der Waals surface area contributed by atoms with E-state index in [4.69, 9.17) is 5.14 Å². The summed E-state index contributed by atoms with van der Waals surface area (Å²) in [7, 11) is -3.53. The molecule has 0 saturated heterocycles. The van der Waals surface area contributed by atoms with Crippen molar-refractivity contribution in [2.24, 2.45) is 5.14 Å². The zero-order chi connectivity index (χ0) is 9.03. The summed E-state index contributed by atoms with van der Waals surface area (Å²) in [6.45, 7) is 2.04. The molecule has 4 N–H and O–H groups in total. The summed E-state index contributed by atoms with van der Waals surface area (Å²) in [6, 6.07) is 0. The molecule has 70 valence electrons. The van der Waals surface area contributed by atoms with Crippen molar-refractivity contribution in [3.63, 3.8) is 0 Å². The summed E-state index contributed by atoms with van der Waals surface area (Å²) in [5.74, 6) is 0. The quantitative estimate of drug-likeness (QED) is 0.485. The molecule has 1 heterocycles. The van der Waals surface area contributed by atoms with Crippen LogP contribution in [0.2, 0.25) is 0 Å². The Morgan fingerprint density at radius 2 is 2.42 bits per heavy atom. The van der Waals surface area contributed by atoms with Gasteiger partial charge in [0, 0.05) is 13.1 Å². The van der Waals surface area contributed by atoms with Gasteiger partial charge in [0.2, 0.25) is 0 Å². The summed E-state index contributed by atoms with van der Waals surface area (Å²) >= 11 is 0. The largest absolute Gasteiger partial charge is 0.313 e. The van der Waals surface area contributed by atoms with Crippen molar-refractivity contribution >= 4 is 10.2 Å². The van der Waals surface area contributed by atoms with Crippen molar-refractivity contribution in [2.75, 3.05) is 19.6 Å². The predicted octanol–water partition coefficient (Wildman–Crippen LogP) is -1.30. The number of hydrogen-bond donors (Lipinski definition) is 3. The highest BCUT2D eigenvalue weighted by Gasteiger charge is 2.05. The van der Waals surface area contributed by atoms with Gasteiger partial charge >= 0.3 is 0 Å². The monoisotopic (exact) mass is 191 g/mol. The standard InChI is InChI=1S/C6H13N3O2S/c7-12(10,11)9-5-6-1-3-8-4-2-6/h1,8-9H,2-5H2,(H2,7,10,11). The summed E-state index contributed by atoms with van der Waals surface area (Å²) in [5.41, 5.74) is 1.09. The minimum atomic E-state index is -3.53. The molecule has 12 heavy (non-hydrogen) atoms. The van der Waals surface area contributed by atoms with E-state index in [9.17, 15) is 8.42 Å². The zero-order valence-corrected chi connectivity index (χ0v) is 7.52. The van der Waals surface area contributed by atoms with Crippen molar-refractivity contribution in [2.45, 2.75) is 6.42 Å². The van der Waals surface area contributed by atoms with Crippen LogP contribution in [-0.4, -0.2) is 28.1 Å². The molecule has 0 saturated carbocycles. The first kappa shape index (κ1) is 9.66. The second-order valence-electron chi connectivity index (χ2n) is 2.68. The highest BCUT2D eigenvalue weighted by Crippen LogP contribution is 2.01. The molecule has 0 unspecified atom stereocenters. The lowest BCUT2D eigenvalue weighted by molar-refractivity contribution is 0.584. The fourth-order valence-corrected chi connectivity index (χ4v) is 1.41. The molecule has 1 aliphatic rings. The summed E-state index contributed by atoms with van der Waals surface area (Å²) < 4.78 is 23.2. The Bertz CT molecular complexity index is 271. The fraction of sp³-hybridized carbons (Fsp3) is 0.667. The van der Waals surface area contributed by atoms with Crippen molar-refractivity contribution in [1.29, 1.82) is 0 Å². The minimum absolute atomic E-state index is 0.334. The number of nitrogens with two attached hydrogens (primary N) is 1. The van der Waals surface area contributed by atoms with Crippen LogP contribution in [0.25, 0.3) is 0 Å². The van der Waals surface area contributed by atoms with E-state index in [2.05, 4.69) is 10.0 Å². The predicted molar refractivity (Wildman–Crippen MR) is 46.7 cm³/mol. The fourth-order valence-electron chi connectivity index (χ4n) is 1.02. The lowest BCUT2D eigenvalue weighted by atomic mass is 10.1. The van der Waals surface area contributed by atoms with E-state index in [-0.39, 0.29) is 0 Å². The van der Waals surface area contributed by atoms with E-state index in [1.54, 1.807) is 0 Å². The normalized spacial score (nSPS) is 18.9.